The standard InChI is InChI=1S/C15H29N3O/c1-5-8-17-15(19)13(4)18(12(2)3)11-14-7-6-9-16-10-14/h5,12-14,16H,1,6-11H2,2-4H3,(H,17,19). The molecule has 2 unspecified atom stereocenters. The summed E-state index contributed by atoms with van der Waals surface area (Å²) < 4.78 is 0. The minimum atomic E-state index is -0.0816. The summed E-state index contributed by atoms with van der Waals surface area (Å²) in [4.78, 5) is 14.4. The van der Waals surface area contributed by atoms with Gasteiger partial charge < -0.3 is 10.6 Å². The van der Waals surface area contributed by atoms with E-state index in [9.17, 15) is 4.79 Å². The van der Waals surface area contributed by atoms with Crippen molar-refractivity contribution in [2.45, 2.75) is 45.7 Å². The molecule has 1 aliphatic rings. The van der Waals surface area contributed by atoms with Crippen molar-refractivity contribution in [3.05, 3.63) is 12.7 Å². The first-order valence-electron chi connectivity index (χ1n) is 7.41. The first kappa shape index (κ1) is 16.2. The van der Waals surface area contributed by atoms with Crippen molar-refractivity contribution in [2.24, 2.45) is 5.92 Å². The number of nitrogens with zero attached hydrogens (tertiary/aromatic N) is 1. The molecule has 2 atom stereocenters. The molecule has 19 heavy (non-hydrogen) atoms. The van der Waals surface area contributed by atoms with Crippen molar-refractivity contribution in [2.75, 3.05) is 26.2 Å². The summed E-state index contributed by atoms with van der Waals surface area (Å²) in [6, 6.07) is 0.299. The van der Waals surface area contributed by atoms with Crippen LogP contribution in [0.2, 0.25) is 0 Å². The van der Waals surface area contributed by atoms with Gasteiger partial charge in [0.2, 0.25) is 5.91 Å². The van der Waals surface area contributed by atoms with Gasteiger partial charge in [-0.05, 0) is 52.6 Å². The van der Waals surface area contributed by atoms with Gasteiger partial charge in [0, 0.05) is 19.1 Å². The number of amides is 1. The highest BCUT2D eigenvalue weighted by Gasteiger charge is 2.26. The SMILES string of the molecule is C=CCNC(=O)C(C)N(CC1CCCNC1)C(C)C. The lowest BCUT2D eigenvalue weighted by Gasteiger charge is -2.36. The molecule has 1 fully saturated rings. The molecule has 110 valence electrons. The van der Waals surface area contributed by atoms with Gasteiger partial charge in [0.15, 0.2) is 0 Å². The summed E-state index contributed by atoms with van der Waals surface area (Å²) in [6.45, 7) is 13.7. The Balaban J connectivity index is 2.54. The number of hydrogen-bond acceptors (Lipinski definition) is 3. The lowest BCUT2D eigenvalue weighted by atomic mass is 9.97. The maximum absolute atomic E-state index is 12.1. The predicted molar refractivity (Wildman–Crippen MR) is 80.1 cm³/mol. The van der Waals surface area contributed by atoms with Crippen LogP contribution in [-0.4, -0.2) is 49.1 Å². The molecule has 1 rings (SSSR count). The lowest BCUT2D eigenvalue weighted by molar-refractivity contribution is -0.126. The number of piperidine rings is 1. The Morgan fingerprint density at radius 3 is 2.79 bits per heavy atom. The van der Waals surface area contributed by atoms with Crippen molar-refractivity contribution in [1.29, 1.82) is 0 Å². The van der Waals surface area contributed by atoms with E-state index in [-0.39, 0.29) is 11.9 Å². The summed E-state index contributed by atoms with van der Waals surface area (Å²) in [5.74, 6) is 0.753. The molecule has 0 aromatic rings. The van der Waals surface area contributed by atoms with Crippen LogP contribution in [0, 0.1) is 5.92 Å². The van der Waals surface area contributed by atoms with E-state index < -0.39 is 0 Å². The van der Waals surface area contributed by atoms with Crippen molar-refractivity contribution >= 4 is 5.91 Å². The highest BCUT2D eigenvalue weighted by molar-refractivity contribution is 5.81. The number of carbonyl (C=O) groups excluding carboxylic acids is 1. The van der Waals surface area contributed by atoms with Gasteiger partial charge in [-0.25, -0.2) is 0 Å². The van der Waals surface area contributed by atoms with Gasteiger partial charge in [0.25, 0.3) is 0 Å². The van der Waals surface area contributed by atoms with Crippen LogP contribution >= 0.6 is 0 Å². The summed E-state index contributed by atoms with van der Waals surface area (Å²) >= 11 is 0. The van der Waals surface area contributed by atoms with E-state index in [2.05, 4.69) is 36.0 Å². The van der Waals surface area contributed by atoms with E-state index in [0.717, 1.165) is 19.6 Å². The summed E-state index contributed by atoms with van der Waals surface area (Å²) in [5, 5.41) is 6.33. The van der Waals surface area contributed by atoms with Crippen LogP contribution in [0.25, 0.3) is 0 Å². The Labute approximate surface area is 117 Å². The second-order valence-corrected chi connectivity index (χ2v) is 5.71. The number of hydrogen-bond donors (Lipinski definition) is 2. The van der Waals surface area contributed by atoms with Crippen LogP contribution in [0.4, 0.5) is 0 Å². The van der Waals surface area contributed by atoms with Gasteiger partial charge in [0.1, 0.15) is 0 Å². The van der Waals surface area contributed by atoms with Crippen LogP contribution < -0.4 is 10.6 Å². The summed E-state index contributed by atoms with van der Waals surface area (Å²) in [5.41, 5.74) is 0. The number of nitrogens with one attached hydrogen (secondary N) is 2. The third-order valence-electron chi connectivity index (χ3n) is 3.83. The molecule has 1 amide bonds. The van der Waals surface area contributed by atoms with Crippen molar-refractivity contribution in [1.82, 2.24) is 15.5 Å². The molecule has 1 heterocycles. The van der Waals surface area contributed by atoms with Gasteiger partial charge in [0.05, 0.1) is 6.04 Å². The van der Waals surface area contributed by atoms with Crippen molar-refractivity contribution < 1.29 is 4.79 Å². The molecule has 2 N–H and O–H groups in total. The minimum absolute atomic E-state index is 0.0816. The van der Waals surface area contributed by atoms with Crippen LogP contribution in [-0.2, 0) is 4.79 Å². The minimum Gasteiger partial charge on any atom is -0.351 e. The quantitative estimate of drug-likeness (QED) is 0.685. The maximum atomic E-state index is 12.1. The monoisotopic (exact) mass is 267 g/mol. The zero-order valence-corrected chi connectivity index (χ0v) is 12.6. The topological polar surface area (TPSA) is 44.4 Å². The van der Waals surface area contributed by atoms with E-state index in [1.54, 1.807) is 6.08 Å². The van der Waals surface area contributed by atoms with Crippen LogP contribution in [0.1, 0.15) is 33.6 Å². The molecule has 1 saturated heterocycles. The van der Waals surface area contributed by atoms with E-state index >= 15 is 0 Å². The van der Waals surface area contributed by atoms with Crippen LogP contribution in [0.3, 0.4) is 0 Å². The smallest absolute Gasteiger partial charge is 0.237 e. The summed E-state index contributed by atoms with van der Waals surface area (Å²) in [7, 11) is 0. The molecule has 0 saturated carbocycles. The Bertz CT molecular complexity index is 285. The van der Waals surface area contributed by atoms with E-state index in [1.165, 1.54) is 12.8 Å². The Kier molecular flexibility index (Phi) is 7.10. The van der Waals surface area contributed by atoms with E-state index in [0.29, 0.717) is 18.5 Å². The molecule has 0 radical (unpaired) electrons. The predicted octanol–water partition coefficient (Wildman–Crippen LogP) is 1.39. The van der Waals surface area contributed by atoms with Crippen molar-refractivity contribution in [3.63, 3.8) is 0 Å². The normalized spacial score (nSPS) is 21.4. The number of rotatable bonds is 7. The Hall–Kier alpha value is -0.870. The lowest BCUT2D eigenvalue weighted by Crippen LogP contribution is -2.51. The second-order valence-electron chi connectivity index (χ2n) is 5.71. The molecule has 0 aromatic heterocycles. The van der Waals surface area contributed by atoms with Gasteiger partial charge in [-0.15, -0.1) is 6.58 Å². The van der Waals surface area contributed by atoms with E-state index in [4.69, 9.17) is 0 Å². The number of carbonyl (C=O) groups is 1. The Morgan fingerprint density at radius 2 is 2.26 bits per heavy atom. The molecule has 0 bridgehead atoms. The third kappa shape index (κ3) is 5.33. The van der Waals surface area contributed by atoms with Gasteiger partial charge in [-0.1, -0.05) is 6.08 Å². The van der Waals surface area contributed by atoms with Crippen LogP contribution in [0.15, 0.2) is 12.7 Å². The van der Waals surface area contributed by atoms with E-state index in [1.807, 2.05) is 6.92 Å². The molecule has 0 aliphatic carbocycles. The fourth-order valence-electron chi connectivity index (χ4n) is 2.67. The summed E-state index contributed by atoms with van der Waals surface area (Å²) in [6.07, 6.45) is 4.22. The van der Waals surface area contributed by atoms with Crippen LogP contribution in [0.5, 0.6) is 0 Å². The molecule has 4 nitrogen and oxygen atoms in total. The zero-order chi connectivity index (χ0) is 14.3. The second kappa shape index (κ2) is 8.33. The van der Waals surface area contributed by atoms with Crippen molar-refractivity contribution in [3.8, 4) is 0 Å². The third-order valence-corrected chi connectivity index (χ3v) is 3.83. The van der Waals surface area contributed by atoms with Gasteiger partial charge in [-0.3, -0.25) is 9.69 Å². The van der Waals surface area contributed by atoms with Gasteiger partial charge >= 0.3 is 0 Å². The highest BCUT2D eigenvalue weighted by Crippen LogP contribution is 2.16. The highest BCUT2D eigenvalue weighted by atomic mass is 16.2. The van der Waals surface area contributed by atoms with Gasteiger partial charge in [-0.2, -0.15) is 0 Å². The molecule has 4 heteroatoms. The Morgan fingerprint density at radius 1 is 1.53 bits per heavy atom. The fourth-order valence-corrected chi connectivity index (χ4v) is 2.67. The zero-order valence-electron chi connectivity index (χ0n) is 12.6. The molecule has 1 aliphatic heterocycles. The fraction of sp³-hybridized carbons (Fsp3) is 0.800. The molecular formula is C15H29N3O. The molecule has 0 aromatic carbocycles. The first-order valence-corrected chi connectivity index (χ1v) is 7.41. The average molecular weight is 267 g/mol. The first-order chi connectivity index (χ1) is 9.06. The molecular weight excluding hydrogens is 238 g/mol. The average Bonchev–Trinajstić information content (AvgIpc) is 2.42. The maximum Gasteiger partial charge on any atom is 0.237 e. The largest absolute Gasteiger partial charge is 0.351 e. The molecule has 0 spiro atoms.